The number of hydrogen-bond donors (Lipinski definition) is 0. The van der Waals surface area contributed by atoms with E-state index in [1.165, 1.54) is 45.1 Å². The zero-order valence-corrected chi connectivity index (χ0v) is 15.8. The zero-order chi connectivity index (χ0) is 16.3. The third-order valence-corrected chi connectivity index (χ3v) is 6.40. The molecule has 3 atom stereocenters. The number of hydrogen-bond acceptors (Lipinski definition) is 1. The molecule has 0 spiro atoms. The highest BCUT2D eigenvalue weighted by Gasteiger charge is 2.67. The summed E-state index contributed by atoms with van der Waals surface area (Å²) in [5, 5.41) is 0. The van der Waals surface area contributed by atoms with Crippen molar-refractivity contribution in [3.05, 3.63) is 12.7 Å². The standard InChI is InChI=1S/C20H39N/c1-9-12-13-15-21(18(5,6)11-3)20(8)16-19(20,7)17(4)14-10-2/h11,17H,3,9-10,12-16H2,1-2,4-8H3. The summed E-state index contributed by atoms with van der Waals surface area (Å²) >= 11 is 0. The highest BCUT2D eigenvalue weighted by atomic mass is 15.3. The van der Waals surface area contributed by atoms with Crippen LogP contribution in [0.2, 0.25) is 0 Å². The summed E-state index contributed by atoms with van der Waals surface area (Å²) in [7, 11) is 0. The highest BCUT2D eigenvalue weighted by molar-refractivity contribution is 5.22. The topological polar surface area (TPSA) is 3.24 Å². The van der Waals surface area contributed by atoms with Gasteiger partial charge >= 0.3 is 0 Å². The van der Waals surface area contributed by atoms with Crippen molar-refractivity contribution in [3.63, 3.8) is 0 Å². The van der Waals surface area contributed by atoms with Gasteiger partial charge in [0.05, 0.1) is 0 Å². The van der Waals surface area contributed by atoms with Crippen molar-refractivity contribution in [1.82, 2.24) is 4.90 Å². The Labute approximate surface area is 134 Å². The summed E-state index contributed by atoms with van der Waals surface area (Å²) in [6.07, 6.45) is 10.1. The summed E-state index contributed by atoms with van der Waals surface area (Å²) in [4.78, 5) is 2.76. The van der Waals surface area contributed by atoms with Crippen molar-refractivity contribution in [3.8, 4) is 0 Å². The average Bonchev–Trinajstić information content (AvgIpc) is 2.99. The van der Waals surface area contributed by atoms with Crippen molar-refractivity contribution in [2.75, 3.05) is 6.54 Å². The first-order chi connectivity index (χ1) is 9.69. The molecule has 0 aromatic rings. The molecule has 1 aliphatic rings. The van der Waals surface area contributed by atoms with E-state index in [-0.39, 0.29) is 5.54 Å². The number of nitrogens with zero attached hydrogens (tertiary/aromatic N) is 1. The second-order valence-electron chi connectivity index (χ2n) is 8.27. The van der Waals surface area contributed by atoms with Gasteiger partial charge in [0.2, 0.25) is 0 Å². The molecule has 1 heteroatoms. The summed E-state index contributed by atoms with van der Waals surface area (Å²) < 4.78 is 0. The minimum absolute atomic E-state index is 0.0895. The Hall–Kier alpha value is -0.300. The zero-order valence-electron chi connectivity index (χ0n) is 15.8. The lowest BCUT2D eigenvalue weighted by molar-refractivity contribution is 0.0558. The Morgan fingerprint density at radius 2 is 1.81 bits per heavy atom. The Morgan fingerprint density at radius 1 is 1.19 bits per heavy atom. The smallest absolute Gasteiger partial charge is 0.0337 e. The van der Waals surface area contributed by atoms with Gasteiger partial charge in [-0.15, -0.1) is 6.58 Å². The molecule has 0 amide bonds. The molecule has 1 fully saturated rings. The van der Waals surface area contributed by atoms with Crippen LogP contribution in [0.25, 0.3) is 0 Å². The van der Waals surface area contributed by atoms with Crippen molar-refractivity contribution in [1.29, 1.82) is 0 Å². The van der Waals surface area contributed by atoms with E-state index in [1.54, 1.807) is 0 Å². The fraction of sp³-hybridized carbons (Fsp3) is 0.900. The molecule has 124 valence electrons. The first-order valence-electron chi connectivity index (χ1n) is 9.11. The molecule has 0 radical (unpaired) electrons. The van der Waals surface area contributed by atoms with Gasteiger partial charge in [0.25, 0.3) is 0 Å². The Kier molecular flexibility index (Phi) is 6.12. The third-order valence-electron chi connectivity index (χ3n) is 6.40. The lowest BCUT2D eigenvalue weighted by Crippen LogP contribution is -2.52. The lowest BCUT2D eigenvalue weighted by Gasteiger charge is -2.44. The maximum Gasteiger partial charge on any atom is 0.0337 e. The van der Waals surface area contributed by atoms with Gasteiger partial charge in [0.15, 0.2) is 0 Å². The van der Waals surface area contributed by atoms with E-state index in [2.05, 4.69) is 66.0 Å². The Morgan fingerprint density at radius 3 is 2.29 bits per heavy atom. The second-order valence-corrected chi connectivity index (χ2v) is 8.27. The molecule has 0 aromatic carbocycles. The molecule has 1 saturated carbocycles. The fourth-order valence-electron chi connectivity index (χ4n) is 4.33. The molecule has 0 bridgehead atoms. The van der Waals surface area contributed by atoms with Crippen molar-refractivity contribution in [2.45, 2.75) is 98.1 Å². The molecular weight excluding hydrogens is 254 g/mol. The summed E-state index contributed by atoms with van der Waals surface area (Å²) in [5.41, 5.74) is 0.898. The molecule has 1 nitrogen and oxygen atoms in total. The van der Waals surface area contributed by atoms with E-state index in [0.29, 0.717) is 11.0 Å². The summed E-state index contributed by atoms with van der Waals surface area (Å²) in [5.74, 6) is 0.807. The van der Waals surface area contributed by atoms with Gasteiger partial charge in [-0.1, -0.05) is 59.5 Å². The maximum absolute atomic E-state index is 4.11. The van der Waals surface area contributed by atoms with Gasteiger partial charge in [-0.2, -0.15) is 0 Å². The van der Waals surface area contributed by atoms with Crippen LogP contribution < -0.4 is 0 Å². The van der Waals surface area contributed by atoms with Gasteiger partial charge in [-0.25, -0.2) is 0 Å². The monoisotopic (exact) mass is 293 g/mol. The van der Waals surface area contributed by atoms with Crippen LogP contribution in [0.1, 0.15) is 87.0 Å². The quantitative estimate of drug-likeness (QED) is 0.350. The van der Waals surface area contributed by atoms with Gasteiger partial charge in [-0.3, -0.25) is 4.90 Å². The molecule has 0 aromatic heterocycles. The molecule has 0 saturated heterocycles. The van der Waals surface area contributed by atoms with Crippen LogP contribution in [-0.2, 0) is 0 Å². The van der Waals surface area contributed by atoms with Crippen LogP contribution in [-0.4, -0.2) is 22.5 Å². The van der Waals surface area contributed by atoms with Gasteiger partial charge < -0.3 is 0 Å². The molecule has 3 unspecified atom stereocenters. The van der Waals surface area contributed by atoms with Crippen LogP contribution in [0.3, 0.4) is 0 Å². The van der Waals surface area contributed by atoms with Crippen LogP contribution >= 0.6 is 0 Å². The Bertz CT molecular complexity index is 346. The molecule has 0 heterocycles. The van der Waals surface area contributed by atoms with E-state index in [4.69, 9.17) is 0 Å². The van der Waals surface area contributed by atoms with E-state index >= 15 is 0 Å². The lowest BCUT2D eigenvalue weighted by atomic mass is 9.83. The van der Waals surface area contributed by atoms with Gasteiger partial charge in [0.1, 0.15) is 0 Å². The molecular formula is C20H39N. The normalized spacial score (nSPS) is 30.5. The van der Waals surface area contributed by atoms with Crippen LogP contribution in [0.4, 0.5) is 0 Å². The Balaban J connectivity index is 2.91. The van der Waals surface area contributed by atoms with Gasteiger partial charge in [0, 0.05) is 11.1 Å². The summed E-state index contributed by atoms with van der Waals surface area (Å²) in [6.45, 7) is 22.1. The minimum Gasteiger partial charge on any atom is -0.289 e. The molecule has 1 rings (SSSR count). The molecule has 21 heavy (non-hydrogen) atoms. The predicted octanol–water partition coefficient (Wildman–Crippen LogP) is 6.05. The van der Waals surface area contributed by atoms with Crippen LogP contribution in [0.15, 0.2) is 12.7 Å². The average molecular weight is 294 g/mol. The highest BCUT2D eigenvalue weighted by Crippen LogP contribution is 2.65. The first kappa shape index (κ1) is 18.7. The first-order valence-corrected chi connectivity index (χ1v) is 9.11. The van der Waals surface area contributed by atoms with Gasteiger partial charge in [-0.05, 0) is 51.5 Å². The van der Waals surface area contributed by atoms with Crippen molar-refractivity contribution in [2.24, 2.45) is 11.3 Å². The fourth-order valence-corrected chi connectivity index (χ4v) is 4.33. The number of rotatable bonds is 10. The van der Waals surface area contributed by atoms with Crippen molar-refractivity contribution < 1.29 is 0 Å². The van der Waals surface area contributed by atoms with Crippen molar-refractivity contribution >= 4 is 0 Å². The second kappa shape index (κ2) is 6.86. The minimum atomic E-state index is 0.0895. The molecule has 0 N–H and O–H groups in total. The third kappa shape index (κ3) is 3.55. The predicted molar refractivity (Wildman–Crippen MR) is 95.7 cm³/mol. The van der Waals surface area contributed by atoms with E-state index in [0.717, 1.165) is 5.92 Å². The van der Waals surface area contributed by atoms with Crippen LogP contribution in [0.5, 0.6) is 0 Å². The molecule has 0 aliphatic heterocycles. The SMILES string of the molecule is C=CC(C)(C)N(CCCCC)C1(C)CC1(C)C(C)CCC. The largest absolute Gasteiger partial charge is 0.289 e. The van der Waals surface area contributed by atoms with E-state index < -0.39 is 0 Å². The number of unbranched alkanes of at least 4 members (excludes halogenated alkanes) is 2. The van der Waals surface area contributed by atoms with Crippen LogP contribution in [0, 0.1) is 11.3 Å². The maximum atomic E-state index is 4.11. The van der Waals surface area contributed by atoms with E-state index in [9.17, 15) is 0 Å². The van der Waals surface area contributed by atoms with E-state index in [1.807, 2.05) is 0 Å². The summed E-state index contributed by atoms with van der Waals surface area (Å²) in [6, 6.07) is 0. The molecule has 1 aliphatic carbocycles.